The largest absolute Gasteiger partial charge is 0.348 e. The van der Waals surface area contributed by atoms with E-state index in [9.17, 15) is 9.59 Å². The van der Waals surface area contributed by atoms with Gasteiger partial charge in [-0.25, -0.2) is 4.79 Å². The molecule has 3 aromatic rings. The van der Waals surface area contributed by atoms with Gasteiger partial charge in [-0.05, 0) is 72.2 Å². The van der Waals surface area contributed by atoms with Crippen LogP contribution in [0.4, 0.5) is 10.5 Å². The van der Waals surface area contributed by atoms with Crippen LogP contribution in [-0.4, -0.2) is 29.9 Å². The lowest BCUT2D eigenvalue weighted by atomic mass is 9.89. The summed E-state index contributed by atoms with van der Waals surface area (Å²) < 4.78 is 0. The van der Waals surface area contributed by atoms with Crippen LogP contribution in [0.5, 0.6) is 0 Å². The molecule has 5 nitrogen and oxygen atoms in total. The number of benzene rings is 3. The van der Waals surface area contributed by atoms with Crippen LogP contribution in [0.2, 0.25) is 0 Å². The molecule has 35 heavy (non-hydrogen) atoms. The molecule has 3 amide bonds. The van der Waals surface area contributed by atoms with Crippen molar-refractivity contribution in [2.75, 3.05) is 18.4 Å². The number of anilines is 1. The van der Waals surface area contributed by atoms with Crippen molar-refractivity contribution < 1.29 is 9.59 Å². The summed E-state index contributed by atoms with van der Waals surface area (Å²) in [6, 6.07) is 24.1. The molecule has 0 spiro atoms. The molecule has 5 heteroatoms. The second-order valence-corrected chi connectivity index (χ2v) is 9.24. The molecule has 0 aromatic heterocycles. The molecule has 1 aliphatic rings. The normalized spacial score (nSPS) is 15.5. The second-order valence-electron chi connectivity index (χ2n) is 9.24. The van der Waals surface area contributed by atoms with Gasteiger partial charge in [-0.15, -0.1) is 0 Å². The van der Waals surface area contributed by atoms with Gasteiger partial charge in [-0.1, -0.05) is 62.4 Å². The highest BCUT2D eigenvalue weighted by atomic mass is 16.2. The van der Waals surface area contributed by atoms with E-state index >= 15 is 0 Å². The first-order valence-corrected chi connectivity index (χ1v) is 12.7. The predicted molar refractivity (Wildman–Crippen MR) is 142 cm³/mol. The number of carbonyl (C=O) groups excluding carboxylic acids is 2. The van der Waals surface area contributed by atoms with Gasteiger partial charge in [0.1, 0.15) is 0 Å². The number of piperidine rings is 1. The van der Waals surface area contributed by atoms with E-state index in [1.54, 1.807) is 0 Å². The van der Waals surface area contributed by atoms with Crippen molar-refractivity contribution >= 4 is 17.6 Å². The van der Waals surface area contributed by atoms with Crippen molar-refractivity contribution in [3.05, 3.63) is 101 Å². The van der Waals surface area contributed by atoms with Crippen molar-refractivity contribution in [3.8, 4) is 0 Å². The van der Waals surface area contributed by atoms with Crippen LogP contribution in [0.25, 0.3) is 0 Å². The van der Waals surface area contributed by atoms with Gasteiger partial charge in [0.05, 0.1) is 0 Å². The van der Waals surface area contributed by atoms with Crippen LogP contribution in [0.15, 0.2) is 72.8 Å². The van der Waals surface area contributed by atoms with Crippen LogP contribution >= 0.6 is 0 Å². The molecule has 3 aromatic carbocycles. The molecule has 0 bridgehead atoms. The van der Waals surface area contributed by atoms with Gasteiger partial charge in [-0.2, -0.15) is 0 Å². The molecular formula is C30H35N3O2. The predicted octanol–water partition coefficient (Wildman–Crippen LogP) is 6.15. The Morgan fingerprint density at radius 3 is 2.23 bits per heavy atom. The van der Waals surface area contributed by atoms with Crippen LogP contribution in [0, 0.1) is 0 Å². The fourth-order valence-electron chi connectivity index (χ4n) is 4.57. The minimum absolute atomic E-state index is 0.0677. The fourth-order valence-corrected chi connectivity index (χ4v) is 4.57. The molecule has 2 N–H and O–H groups in total. The summed E-state index contributed by atoms with van der Waals surface area (Å²) in [7, 11) is 0. The first-order valence-electron chi connectivity index (χ1n) is 12.7. The number of likely N-dealkylation sites (tertiary alicyclic amines) is 1. The monoisotopic (exact) mass is 469 g/mol. The van der Waals surface area contributed by atoms with Crippen molar-refractivity contribution in [3.63, 3.8) is 0 Å². The zero-order valence-corrected chi connectivity index (χ0v) is 20.7. The van der Waals surface area contributed by atoms with Gasteiger partial charge >= 0.3 is 6.03 Å². The maximum atomic E-state index is 12.9. The van der Waals surface area contributed by atoms with Crippen molar-refractivity contribution in [1.29, 1.82) is 0 Å². The van der Waals surface area contributed by atoms with Crippen molar-refractivity contribution in [2.24, 2.45) is 0 Å². The third-order valence-corrected chi connectivity index (χ3v) is 6.83. The van der Waals surface area contributed by atoms with Crippen molar-refractivity contribution in [1.82, 2.24) is 10.2 Å². The molecule has 1 atom stereocenters. The number of amides is 3. The van der Waals surface area contributed by atoms with E-state index in [-0.39, 0.29) is 17.9 Å². The standard InChI is InChI=1S/C30H35N3O2/c1-3-22-10-12-24(13-11-22)20-31-29(34)26-8-5-7-25(19-26)27-9-6-18-33(21-27)30(35)32-28-16-14-23(4-2)15-17-28/h5,7-8,10-17,19,27H,3-4,6,9,18,20-21H2,1-2H3,(H,31,34)(H,32,35)/t27-/m0/s1. The summed E-state index contributed by atoms with van der Waals surface area (Å²) in [5.74, 6) is 0.138. The topological polar surface area (TPSA) is 61.4 Å². The summed E-state index contributed by atoms with van der Waals surface area (Å²) in [4.78, 5) is 27.6. The van der Waals surface area contributed by atoms with E-state index in [4.69, 9.17) is 0 Å². The highest BCUT2D eigenvalue weighted by molar-refractivity contribution is 5.94. The van der Waals surface area contributed by atoms with Crippen LogP contribution in [0.3, 0.4) is 0 Å². The summed E-state index contributed by atoms with van der Waals surface area (Å²) >= 11 is 0. The number of hydrogen-bond donors (Lipinski definition) is 2. The summed E-state index contributed by atoms with van der Waals surface area (Å²) in [6.07, 6.45) is 3.93. The number of nitrogens with one attached hydrogen (secondary N) is 2. The Morgan fingerprint density at radius 2 is 1.54 bits per heavy atom. The van der Waals surface area contributed by atoms with E-state index in [1.165, 1.54) is 11.1 Å². The third kappa shape index (κ3) is 6.50. The zero-order chi connectivity index (χ0) is 24.6. The van der Waals surface area contributed by atoms with Crippen LogP contribution in [0.1, 0.15) is 65.2 Å². The Kier molecular flexibility index (Phi) is 8.19. The first kappa shape index (κ1) is 24.5. The number of aryl methyl sites for hydroxylation is 2. The molecule has 0 saturated carbocycles. The zero-order valence-electron chi connectivity index (χ0n) is 20.7. The molecule has 1 fully saturated rings. The summed E-state index contributed by atoms with van der Waals surface area (Å²) in [5.41, 5.74) is 6.21. The molecule has 4 rings (SSSR count). The molecule has 0 aliphatic carbocycles. The SMILES string of the molecule is CCc1ccc(CNC(=O)c2cccc([C@H]3CCCN(C(=O)Nc4ccc(CC)cc4)C3)c2)cc1. The quantitative estimate of drug-likeness (QED) is 0.436. The second kappa shape index (κ2) is 11.7. The number of nitrogens with zero attached hydrogens (tertiary/aromatic N) is 1. The lowest BCUT2D eigenvalue weighted by Crippen LogP contribution is -2.41. The number of rotatable bonds is 7. The molecule has 1 heterocycles. The molecule has 1 aliphatic heterocycles. The van der Waals surface area contributed by atoms with Crippen molar-refractivity contribution in [2.45, 2.75) is 52.0 Å². The molecule has 1 saturated heterocycles. The smallest absolute Gasteiger partial charge is 0.321 e. The van der Waals surface area contributed by atoms with Gasteiger partial charge in [0.15, 0.2) is 0 Å². The highest BCUT2D eigenvalue weighted by Gasteiger charge is 2.25. The lowest BCUT2D eigenvalue weighted by Gasteiger charge is -2.33. The first-order chi connectivity index (χ1) is 17.1. The van der Waals surface area contributed by atoms with Gasteiger partial charge in [-0.3, -0.25) is 4.79 Å². The van der Waals surface area contributed by atoms with E-state index < -0.39 is 0 Å². The summed E-state index contributed by atoms with van der Waals surface area (Å²) in [5, 5.41) is 6.06. The fraction of sp³-hybridized carbons (Fsp3) is 0.333. The Morgan fingerprint density at radius 1 is 0.886 bits per heavy atom. The Labute approximate surface area is 208 Å². The average Bonchev–Trinajstić information content (AvgIpc) is 2.92. The maximum Gasteiger partial charge on any atom is 0.321 e. The van der Waals surface area contributed by atoms with E-state index in [2.05, 4.69) is 54.8 Å². The lowest BCUT2D eigenvalue weighted by molar-refractivity contribution is 0.0950. The summed E-state index contributed by atoms with van der Waals surface area (Å²) in [6.45, 7) is 6.14. The third-order valence-electron chi connectivity index (χ3n) is 6.83. The van der Waals surface area contributed by atoms with E-state index in [0.29, 0.717) is 18.7 Å². The Bertz CT molecular complexity index is 1140. The van der Waals surface area contributed by atoms with Crippen LogP contribution < -0.4 is 10.6 Å². The maximum absolute atomic E-state index is 12.9. The number of carbonyl (C=O) groups is 2. The molecule has 0 unspecified atom stereocenters. The Hall–Kier alpha value is -3.60. The molecular weight excluding hydrogens is 434 g/mol. The van der Waals surface area contributed by atoms with Gasteiger partial charge in [0.25, 0.3) is 5.91 Å². The molecule has 0 radical (unpaired) electrons. The minimum Gasteiger partial charge on any atom is -0.348 e. The number of hydrogen-bond acceptors (Lipinski definition) is 2. The minimum atomic E-state index is -0.0765. The number of urea groups is 1. The van der Waals surface area contributed by atoms with Gasteiger partial charge < -0.3 is 15.5 Å². The molecule has 182 valence electrons. The van der Waals surface area contributed by atoms with Gasteiger partial charge in [0.2, 0.25) is 0 Å². The van der Waals surface area contributed by atoms with Crippen LogP contribution in [-0.2, 0) is 19.4 Å². The van der Waals surface area contributed by atoms with E-state index in [1.807, 2.05) is 47.4 Å². The average molecular weight is 470 g/mol. The highest BCUT2D eigenvalue weighted by Crippen LogP contribution is 2.28. The Balaban J connectivity index is 1.35. The van der Waals surface area contributed by atoms with Gasteiger partial charge in [0, 0.05) is 36.8 Å². The van der Waals surface area contributed by atoms with E-state index in [0.717, 1.165) is 49.0 Å².